The normalized spacial score (nSPS) is 31.2. The molecule has 2 fully saturated rings. The zero-order valence-electron chi connectivity index (χ0n) is 15.2. The molecule has 0 amide bonds. The fraction of sp³-hybridized carbons (Fsp3) is 0.455. The van der Waals surface area contributed by atoms with Crippen LogP contribution in [0, 0.1) is 41.7 Å². The number of hydrogen-bond donors (Lipinski definition) is 1. The number of non-ortho nitro benzene ring substituents is 1. The molecule has 0 aromatic heterocycles. The second-order valence-corrected chi connectivity index (χ2v) is 8.45. The minimum absolute atomic E-state index is 0.220. The van der Waals surface area contributed by atoms with E-state index in [4.69, 9.17) is 0 Å². The van der Waals surface area contributed by atoms with Crippen molar-refractivity contribution in [2.24, 2.45) is 17.8 Å². The molecule has 4 heteroatoms. The maximum Gasteiger partial charge on any atom is 0.269 e. The lowest BCUT2D eigenvalue weighted by Gasteiger charge is -2.44. The van der Waals surface area contributed by atoms with Gasteiger partial charge in [0, 0.05) is 17.8 Å². The van der Waals surface area contributed by atoms with Crippen molar-refractivity contribution in [1.29, 1.82) is 0 Å². The van der Waals surface area contributed by atoms with Crippen molar-refractivity contribution < 1.29 is 4.92 Å². The number of anilines is 1. The first-order valence-electron chi connectivity index (χ1n) is 9.65. The highest BCUT2D eigenvalue weighted by Crippen LogP contribution is 2.64. The molecule has 0 saturated heterocycles. The molecule has 2 aromatic rings. The molecular formula is C22H24N2O2. The first-order valence-corrected chi connectivity index (χ1v) is 9.65. The van der Waals surface area contributed by atoms with Gasteiger partial charge in [0.2, 0.25) is 0 Å². The van der Waals surface area contributed by atoms with E-state index in [0.717, 1.165) is 11.6 Å². The first-order chi connectivity index (χ1) is 12.5. The van der Waals surface area contributed by atoms with Gasteiger partial charge in [0.15, 0.2) is 0 Å². The van der Waals surface area contributed by atoms with Crippen LogP contribution >= 0.6 is 0 Å². The molecule has 5 atom stereocenters. The molecule has 2 aliphatic carbocycles. The SMILES string of the molecule is Cc1ccc(C)c([C@@H]2Nc3ccc([N+](=O)[O-])cc3[C@@H]3[C@H]4CC[C@@H](C4)[C@H]32)c1. The second kappa shape index (κ2) is 5.57. The Morgan fingerprint density at radius 2 is 1.85 bits per heavy atom. The van der Waals surface area contributed by atoms with Crippen molar-refractivity contribution in [2.75, 3.05) is 5.32 Å². The van der Waals surface area contributed by atoms with E-state index in [9.17, 15) is 10.1 Å². The molecule has 2 bridgehead atoms. The topological polar surface area (TPSA) is 55.2 Å². The standard InChI is InChI=1S/C22H24N2O2/c1-12-3-4-13(2)17(9-12)22-21-15-6-5-14(10-15)20(21)18-11-16(24(25)26)7-8-19(18)23-22/h3-4,7-9,11,14-15,20-23H,5-6,10H2,1-2H3/t14-,15-,20-,21+,22-/m0/s1. The summed E-state index contributed by atoms with van der Waals surface area (Å²) in [7, 11) is 0. The Kier molecular flexibility index (Phi) is 3.40. The summed E-state index contributed by atoms with van der Waals surface area (Å²) in [5.41, 5.74) is 6.52. The quantitative estimate of drug-likeness (QED) is 0.575. The Labute approximate surface area is 153 Å². The van der Waals surface area contributed by atoms with Crippen LogP contribution in [-0.4, -0.2) is 4.92 Å². The van der Waals surface area contributed by atoms with Crippen LogP contribution in [0.15, 0.2) is 36.4 Å². The van der Waals surface area contributed by atoms with Gasteiger partial charge in [-0.2, -0.15) is 0 Å². The predicted molar refractivity (Wildman–Crippen MR) is 102 cm³/mol. The number of nitrogens with one attached hydrogen (secondary N) is 1. The zero-order chi connectivity index (χ0) is 18.0. The number of hydrogen-bond acceptors (Lipinski definition) is 3. The van der Waals surface area contributed by atoms with E-state index in [-0.39, 0.29) is 10.6 Å². The number of rotatable bonds is 2. The number of aryl methyl sites for hydroxylation is 2. The third-order valence-electron chi connectivity index (χ3n) is 7.05. The fourth-order valence-electron chi connectivity index (χ4n) is 5.99. The molecule has 134 valence electrons. The van der Waals surface area contributed by atoms with Crippen LogP contribution in [0.3, 0.4) is 0 Å². The molecule has 2 aromatic carbocycles. The van der Waals surface area contributed by atoms with Gasteiger partial charge in [0.05, 0.1) is 11.0 Å². The highest BCUT2D eigenvalue weighted by Gasteiger charge is 2.54. The molecule has 4 nitrogen and oxygen atoms in total. The third-order valence-corrected chi connectivity index (χ3v) is 7.05. The molecule has 2 saturated carbocycles. The van der Waals surface area contributed by atoms with E-state index in [1.54, 1.807) is 6.07 Å². The van der Waals surface area contributed by atoms with Crippen molar-refractivity contribution in [3.63, 3.8) is 0 Å². The number of fused-ring (bicyclic) bond motifs is 7. The lowest BCUT2D eigenvalue weighted by atomic mass is 9.67. The van der Waals surface area contributed by atoms with Crippen LogP contribution in [0.1, 0.15) is 53.5 Å². The van der Waals surface area contributed by atoms with Crippen LogP contribution < -0.4 is 5.32 Å². The maximum absolute atomic E-state index is 11.3. The third kappa shape index (κ3) is 2.21. The van der Waals surface area contributed by atoms with E-state index >= 15 is 0 Å². The lowest BCUT2D eigenvalue weighted by Crippen LogP contribution is -2.35. The van der Waals surface area contributed by atoms with Crippen LogP contribution in [0.25, 0.3) is 0 Å². The molecule has 0 spiro atoms. The zero-order valence-corrected chi connectivity index (χ0v) is 15.2. The van der Waals surface area contributed by atoms with Gasteiger partial charge in [-0.1, -0.05) is 23.8 Å². The van der Waals surface area contributed by atoms with Gasteiger partial charge in [0.1, 0.15) is 0 Å². The van der Waals surface area contributed by atoms with Gasteiger partial charge in [-0.3, -0.25) is 10.1 Å². The Bertz CT molecular complexity index is 907. The maximum atomic E-state index is 11.3. The second-order valence-electron chi connectivity index (χ2n) is 8.45. The van der Waals surface area contributed by atoms with E-state index in [0.29, 0.717) is 23.8 Å². The highest BCUT2D eigenvalue weighted by atomic mass is 16.6. The fourth-order valence-corrected chi connectivity index (χ4v) is 5.99. The van der Waals surface area contributed by atoms with Crippen LogP contribution in [0.4, 0.5) is 11.4 Å². The first kappa shape index (κ1) is 15.9. The van der Waals surface area contributed by atoms with E-state index < -0.39 is 0 Å². The van der Waals surface area contributed by atoms with Crippen LogP contribution in [-0.2, 0) is 0 Å². The Hall–Kier alpha value is -2.36. The average Bonchev–Trinajstić information content (AvgIpc) is 3.25. The molecule has 1 aliphatic heterocycles. The van der Waals surface area contributed by atoms with Gasteiger partial charge < -0.3 is 5.32 Å². The summed E-state index contributed by atoms with van der Waals surface area (Å²) in [4.78, 5) is 11.0. The summed E-state index contributed by atoms with van der Waals surface area (Å²) in [6, 6.07) is 12.4. The summed E-state index contributed by atoms with van der Waals surface area (Å²) in [5, 5.41) is 15.1. The number of nitrogens with zero attached hydrogens (tertiary/aromatic N) is 1. The molecule has 1 N–H and O–H groups in total. The van der Waals surface area contributed by atoms with Crippen molar-refractivity contribution in [3.8, 4) is 0 Å². The summed E-state index contributed by atoms with van der Waals surface area (Å²) in [6.07, 6.45) is 3.85. The highest BCUT2D eigenvalue weighted by molar-refractivity contribution is 5.62. The minimum Gasteiger partial charge on any atom is -0.378 e. The van der Waals surface area contributed by atoms with Gasteiger partial charge in [-0.25, -0.2) is 0 Å². The van der Waals surface area contributed by atoms with Crippen LogP contribution in [0.2, 0.25) is 0 Å². The van der Waals surface area contributed by atoms with E-state index in [2.05, 4.69) is 37.4 Å². The number of benzene rings is 2. The van der Waals surface area contributed by atoms with Crippen molar-refractivity contribution in [3.05, 3.63) is 68.8 Å². The number of nitro benzene ring substituents is 1. The smallest absolute Gasteiger partial charge is 0.269 e. The Morgan fingerprint density at radius 1 is 1.04 bits per heavy atom. The van der Waals surface area contributed by atoms with Crippen molar-refractivity contribution in [1.82, 2.24) is 0 Å². The van der Waals surface area contributed by atoms with Crippen molar-refractivity contribution in [2.45, 2.75) is 45.1 Å². The predicted octanol–water partition coefficient (Wildman–Crippen LogP) is 5.51. The summed E-state index contributed by atoms with van der Waals surface area (Å²) in [5.74, 6) is 2.41. The summed E-state index contributed by atoms with van der Waals surface area (Å²) in [6.45, 7) is 4.35. The van der Waals surface area contributed by atoms with Gasteiger partial charge in [-0.15, -0.1) is 0 Å². The molecule has 1 heterocycles. The van der Waals surface area contributed by atoms with Crippen LogP contribution in [0.5, 0.6) is 0 Å². The molecular weight excluding hydrogens is 324 g/mol. The Balaban J connectivity index is 1.66. The van der Waals surface area contributed by atoms with E-state index in [1.165, 1.54) is 41.5 Å². The molecule has 0 radical (unpaired) electrons. The molecule has 5 rings (SSSR count). The van der Waals surface area contributed by atoms with Crippen molar-refractivity contribution >= 4 is 11.4 Å². The number of nitro groups is 1. The molecule has 3 aliphatic rings. The average molecular weight is 348 g/mol. The largest absolute Gasteiger partial charge is 0.378 e. The molecule has 26 heavy (non-hydrogen) atoms. The van der Waals surface area contributed by atoms with Gasteiger partial charge in [0.25, 0.3) is 5.69 Å². The minimum atomic E-state index is -0.265. The lowest BCUT2D eigenvalue weighted by molar-refractivity contribution is -0.384. The van der Waals surface area contributed by atoms with Gasteiger partial charge in [-0.05, 0) is 79.5 Å². The monoisotopic (exact) mass is 348 g/mol. The molecule has 0 unspecified atom stereocenters. The Morgan fingerprint density at radius 3 is 2.65 bits per heavy atom. The summed E-state index contributed by atoms with van der Waals surface area (Å²) < 4.78 is 0. The van der Waals surface area contributed by atoms with Gasteiger partial charge >= 0.3 is 0 Å². The summed E-state index contributed by atoms with van der Waals surface area (Å²) >= 11 is 0. The van der Waals surface area contributed by atoms with E-state index in [1.807, 2.05) is 12.1 Å².